The summed E-state index contributed by atoms with van der Waals surface area (Å²) in [5, 5.41) is 34.7. The average Bonchev–Trinajstić information content (AvgIpc) is 3.68. The van der Waals surface area contributed by atoms with E-state index in [1.807, 2.05) is 86.6 Å². The van der Waals surface area contributed by atoms with Crippen LogP contribution in [-0.2, 0) is 44.2 Å². The molecule has 4 aromatic carbocycles. The predicted octanol–water partition coefficient (Wildman–Crippen LogP) is 5.70. The van der Waals surface area contributed by atoms with Gasteiger partial charge in [-0.25, -0.2) is 0 Å². The molecule has 3 aliphatic rings. The molecule has 0 radical (unpaired) electrons. The molecule has 63 heavy (non-hydrogen) atoms. The molecule has 0 saturated carbocycles. The third-order valence-electron chi connectivity index (χ3n) is 12.5. The third-order valence-corrected chi connectivity index (χ3v) is 15.1. The Morgan fingerprint density at radius 3 is 2.38 bits per heavy atom. The maximum Gasteiger partial charge on any atom is 0.269 e. The molecule has 0 aromatic heterocycles. The largest absolute Gasteiger partial charge is 0.494 e. The number of nitro benzene ring substituents is 1. The number of ether oxygens (including phenoxy) is 2. The number of hydrogen-bond donors (Lipinski definition) is 4. The molecule has 1 unspecified atom stereocenters. The van der Waals surface area contributed by atoms with Gasteiger partial charge in [-0.3, -0.25) is 29.4 Å². The van der Waals surface area contributed by atoms with E-state index in [1.54, 1.807) is 29.0 Å². The Labute approximate surface area is 368 Å². The highest BCUT2D eigenvalue weighted by atomic mass is 28.4. The average molecular weight is 880 g/mol. The molecule has 334 valence electrons. The second-order valence-electron chi connectivity index (χ2n) is 17.1. The van der Waals surface area contributed by atoms with Crippen molar-refractivity contribution in [1.29, 1.82) is 0 Å². The van der Waals surface area contributed by atoms with Crippen LogP contribution < -0.4 is 19.9 Å². The first kappa shape index (κ1) is 45.5. The van der Waals surface area contributed by atoms with E-state index in [2.05, 4.69) is 5.32 Å². The van der Waals surface area contributed by atoms with Crippen molar-refractivity contribution in [2.75, 3.05) is 42.7 Å². The number of aliphatic hydroxyl groups excluding tert-OH is 2. The van der Waals surface area contributed by atoms with E-state index >= 15 is 4.79 Å². The number of nitro groups is 1. The first-order chi connectivity index (χ1) is 30.2. The smallest absolute Gasteiger partial charge is 0.269 e. The second kappa shape index (κ2) is 19.1. The molecule has 3 amide bonds. The van der Waals surface area contributed by atoms with Crippen LogP contribution in [0.1, 0.15) is 55.4 Å². The highest BCUT2D eigenvalue weighted by Crippen LogP contribution is 2.60. The minimum Gasteiger partial charge on any atom is -0.494 e. The summed E-state index contributed by atoms with van der Waals surface area (Å²) in [5.74, 6) is -0.868. The Kier molecular flexibility index (Phi) is 13.8. The summed E-state index contributed by atoms with van der Waals surface area (Å²) in [6.45, 7) is 8.48. The maximum absolute atomic E-state index is 15.1. The van der Waals surface area contributed by atoms with Crippen LogP contribution in [0.15, 0.2) is 91.0 Å². The van der Waals surface area contributed by atoms with Gasteiger partial charge in [-0.15, -0.1) is 0 Å². The van der Waals surface area contributed by atoms with E-state index in [-0.39, 0.29) is 56.8 Å². The van der Waals surface area contributed by atoms with Gasteiger partial charge >= 0.3 is 0 Å². The summed E-state index contributed by atoms with van der Waals surface area (Å²) in [4.78, 5) is 71.6. The van der Waals surface area contributed by atoms with Crippen LogP contribution in [-0.4, -0.2) is 95.9 Å². The Morgan fingerprint density at radius 2 is 1.71 bits per heavy atom. The zero-order valence-electron chi connectivity index (χ0n) is 36.2. The zero-order valence-corrected chi connectivity index (χ0v) is 37.2. The van der Waals surface area contributed by atoms with Crippen LogP contribution >= 0.6 is 0 Å². The maximum atomic E-state index is 15.1. The van der Waals surface area contributed by atoms with Gasteiger partial charge in [-0.1, -0.05) is 49.4 Å². The molecule has 0 bridgehead atoms. The summed E-state index contributed by atoms with van der Waals surface area (Å²) in [6, 6.07) is 26.2. The molecule has 4 N–H and O–H groups in total. The number of rotatable bonds is 18. The van der Waals surface area contributed by atoms with Crippen LogP contribution in [0.5, 0.6) is 5.75 Å². The van der Waals surface area contributed by atoms with Crippen molar-refractivity contribution in [1.82, 2.24) is 10.2 Å². The molecular formula is C47H57N5O10Si. The van der Waals surface area contributed by atoms with Gasteiger partial charge in [-0.05, 0) is 98.9 Å². The molecule has 1 fully saturated rings. The summed E-state index contributed by atoms with van der Waals surface area (Å²) in [5.41, 5.74) is 2.04. The lowest BCUT2D eigenvalue weighted by molar-refractivity contribution is -0.385. The number of benzene rings is 4. The summed E-state index contributed by atoms with van der Waals surface area (Å²) < 4.78 is 12.6. The second-order valence-corrected chi connectivity index (χ2v) is 21.1. The molecule has 3 heterocycles. The number of nitrogens with one attached hydrogen (secondary N) is 1. The van der Waals surface area contributed by atoms with E-state index in [4.69, 9.17) is 9.47 Å². The molecule has 15 nitrogen and oxygen atoms in total. The van der Waals surface area contributed by atoms with Gasteiger partial charge in [0.15, 0.2) is 13.9 Å². The standard InChI is InChI=1S/C47H57N5O10Si/c1-5-61-37-18-20-40-34(25-37)26-39(48-21-9-10-23-53)45(56)51(40)35-15-13-33(14-16-35)30-50-41-19-17-36(52(58)59)27-38(41)47(46(50)57)31(2)44(63(3,4)60)42(62-47)28-43(55)49(22-24-54)29-32-11-7-6-8-12-32/h6-8,11-20,25,27,31,39,42,44,48,53-54,60H,5,9-10,21-24,26,28-30H2,1-4H3/t31-,39?,42+,44-,47+/m0/s1. The van der Waals surface area contributed by atoms with Crippen LogP contribution in [0.25, 0.3) is 0 Å². The Hall–Kier alpha value is -5.49. The number of non-ortho nitro benzene ring substituents is 1. The van der Waals surface area contributed by atoms with E-state index in [0.717, 1.165) is 28.8 Å². The zero-order chi connectivity index (χ0) is 45.1. The predicted molar refractivity (Wildman–Crippen MR) is 240 cm³/mol. The summed E-state index contributed by atoms with van der Waals surface area (Å²) in [6.07, 6.45) is 0.728. The van der Waals surface area contributed by atoms with E-state index < -0.39 is 48.4 Å². The van der Waals surface area contributed by atoms with Crippen molar-refractivity contribution in [3.05, 3.63) is 123 Å². The van der Waals surface area contributed by atoms with Crippen LogP contribution in [0.4, 0.5) is 22.7 Å². The van der Waals surface area contributed by atoms with E-state index in [9.17, 15) is 34.7 Å². The lowest BCUT2D eigenvalue weighted by Gasteiger charge is -2.35. The van der Waals surface area contributed by atoms with Crippen LogP contribution in [0.2, 0.25) is 18.6 Å². The first-order valence-electron chi connectivity index (χ1n) is 21.7. The fourth-order valence-electron chi connectivity index (χ4n) is 9.71. The number of amides is 3. The van der Waals surface area contributed by atoms with Gasteiger partial charge in [0.25, 0.3) is 11.6 Å². The highest BCUT2D eigenvalue weighted by Gasteiger charge is 2.66. The Bertz CT molecular complexity index is 2310. The van der Waals surface area contributed by atoms with E-state index in [0.29, 0.717) is 48.7 Å². The molecule has 16 heteroatoms. The molecule has 1 spiro atoms. The van der Waals surface area contributed by atoms with Crippen molar-refractivity contribution in [2.45, 2.75) is 89.0 Å². The minimum atomic E-state index is -3.20. The fraction of sp³-hybridized carbons (Fsp3) is 0.426. The fourth-order valence-corrected chi connectivity index (χ4v) is 12.3. The Balaban J connectivity index is 1.19. The van der Waals surface area contributed by atoms with E-state index in [1.165, 1.54) is 17.0 Å². The van der Waals surface area contributed by atoms with Crippen molar-refractivity contribution < 1.29 is 43.8 Å². The van der Waals surface area contributed by atoms with Gasteiger partial charge in [0.05, 0.1) is 54.6 Å². The minimum absolute atomic E-state index is 0.0641. The molecule has 3 aliphatic heterocycles. The number of unbranched alkanes of at least 4 members (excludes halogenated alkanes) is 1. The van der Waals surface area contributed by atoms with Gasteiger partial charge in [-0.2, -0.15) is 0 Å². The van der Waals surface area contributed by atoms with Gasteiger partial charge in [0.1, 0.15) is 5.75 Å². The van der Waals surface area contributed by atoms with Gasteiger partial charge < -0.3 is 39.6 Å². The summed E-state index contributed by atoms with van der Waals surface area (Å²) >= 11 is 0. The number of nitrogens with zero attached hydrogens (tertiary/aromatic N) is 4. The lowest BCUT2D eigenvalue weighted by atomic mass is 9.82. The van der Waals surface area contributed by atoms with Crippen LogP contribution in [0, 0.1) is 16.0 Å². The van der Waals surface area contributed by atoms with Crippen molar-refractivity contribution in [3.63, 3.8) is 0 Å². The quantitative estimate of drug-likeness (QED) is 0.0415. The van der Waals surface area contributed by atoms with Crippen molar-refractivity contribution in [3.8, 4) is 5.75 Å². The number of carbonyl (C=O) groups excluding carboxylic acids is 3. The van der Waals surface area contributed by atoms with Gasteiger partial charge in [0.2, 0.25) is 11.8 Å². The lowest BCUT2D eigenvalue weighted by Crippen LogP contribution is -2.49. The molecule has 0 aliphatic carbocycles. The molecule has 1 saturated heterocycles. The summed E-state index contributed by atoms with van der Waals surface area (Å²) in [7, 11) is -3.20. The monoisotopic (exact) mass is 879 g/mol. The van der Waals surface area contributed by atoms with Gasteiger partial charge in [0, 0.05) is 54.5 Å². The molecular weight excluding hydrogens is 823 g/mol. The normalized spacial score (nSPS) is 21.8. The number of anilines is 3. The van der Waals surface area contributed by atoms with Crippen molar-refractivity contribution in [2.24, 2.45) is 5.92 Å². The number of hydrogen-bond acceptors (Lipinski definition) is 11. The molecule has 5 atom stereocenters. The number of fused-ring (bicyclic) bond motifs is 3. The Morgan fingerprint density at radius 1 is 0.984 bits per heavy atom. The number of carbonyl (C=O) groups is 3. The highest BCUT2D eigenvalue weighted by molar-refractivity contribution is 6.71. The van der Waals surface area contributed by atoms with Crippen molar-refractivity contribution >= 4 is 48.8 Å². The third kappa shape index (κ3) is 9.14. The topological polar surface area (TPSA) is 195 Å². The van der Waals surface area contributed by atoms with Crippen LogP contribution in [0.3, 0.4) is 0 Å². The number of aliphatic hydroxyl groups is 2. The molecule has 7 rings (SSSR count). The molecule has 4 aromatic rings. The SMILES string of the molecule is CCOc1ccc2c(c1)CC(NCCCCO)C(=O)N2c1ccc(CN2C(=O)[C@]3(O[C@H](CC(=O)N(CCO)Cc4ccccc4)[C@@H]([Si](C)(C)O)[C@@H]3C)c3cc([N+](=O)[O-])ccc32)cc1. The first-order valence-corrected chi connectivity index (χ1v) is 24.7.